The van der Waals surface area contributed by atoms with Crippen LogP contribution in [0.15, 0.2) is 30.3 Å². The van der Waals surface area contributed by atoms with Gasteiger partial charge in [-0.25, -0.2) is 0 Å². The zero-order valence-corrected chi connectivity index (χ0v) is 13.3. The first kappa shape index (κ1) is 15.4. The molecule has 0 atom stereocenters. The summed E-state index contributed by atoms with van der Waals surface area (Å²) in [6.45, 7) is 5.90. The Bertz CT molecular complexity index is 673. The number of ketones is 1. The Morgan fingerprint density at radius 2 is 1.86 bits per heavy atom. The molecule has 2 rings (SSSR count). The molecule has 21 heavy (non-hydrogen) atoms. The predicted octanol–water partition coefficient (Wildman–Crippen LogP) is 4.27. The number of benzene rings is 1. The lowest BCUT2D eigenvalue weighted by Gasteiger charge is -2.05. The minimum Gasteiger partial charge on any atom is -0.326 e. The Morgan fingerprint density at radius 1 is 1.10 bits per heavy atom. The summed E-state index contributed by atoms with van der Waals surface area (Å²) in [6.07, 6.45) is 0.454. The Kier molecular flexibility index (Phi) is 4.91. The summed E-state index contributed by atoms with van der Waals surface area (Å²) < 4.78 is 0. The maximum Gasteiger partial charge on any atom is 0.224 e. The van der Waals surface area contributed by atoms with Gasteiger partial charge in [0.15, 0.2) is 5.78 Å². The Hall–Kier alpha value is -1.94. The van der Waals surface area contributed by atoms with Crippen LogP contribution in [0.3, 0.4) is 0 Å². The van der Waals surface area contributed by atoms with E-state index in [4.69, 9.17) is 0 Å². The lowest BCUT2D eigenvalue weighted by molar-refractivity contribution is -0.116. The van der Waals surface area contributed by atoms with E-state index in [0.29, 0.717) is 0 Å². The second-order valence-electron chi connectivity index (χ2n) is 5.17. The molecular weight excluding hydrogens is 282 g/mol. The van der Waals surface area contributed by atoms with Gasteiger partial charge in [0, 0.05) is 33.8 Å². The predicted molar refractivity (Wildman–Crippen MR) is 87.2 cm³/mol. The quantitative estimate of drug-likeness (QED) is 0.838. The van der Waals surface area contributed by atoms with E-state index < -0.39 is 0 Å². The van der Waals surface area contributed by atoms with Gasteiger partial charge in [0.1, 0.15) is 0 Å². The third kappa shape index (κ3) is 4.26. The third-order valence-electron chi connectivity index (χ3n) is 3.22. The van der Waals surface area contributed by atoms with Gasteiger partial charge in [0.05, 0.1) is 0 Å². The molecule has 1 amide bonds. The maximum atomic E-state index is 12.1. The van der Waals surface area contributed by atoms with Crippen molar-refractivity contribution in [2.24, 2.45) is 0 Å². The van der Waals surface area contributed by atoms with Crippen molar-refractivity contribution < 1.29 is 9.59 Å². The van der Waals surface area contributed by atoms with Gasteiger partial charge in [-0.1, -0.05) is 12.1 Å². The number of hydrogen-bond donors (Lipinski definition) is 1. The molecule has 1 aromatic heterocycles. The first-order valence-electron chi connectivity index (χ1n) is 6.92. The Balaban J connectivity index is 1.89. The minimum absolute atomic E-state index is 0.0382. The normalized spacial score (nSPS) is 10.4. The molecule has 0 unspecified atom stereocenters. The van der Waals surface area contributed by atoms with Crippen LogP contribution >= 0.6 is 11.3 Å². The van der Waals surface area contributed by atoms with Crippen LogP contribution in [0.2, 0.25) is 0 Å². The van der Waals surface area contributed by atoms with Crippen molar-refractivity contribution >= 4 is 28.7 Å². The van der Waals surface area contributed by atoms with E-state index in [1.807, 2.05) is 51.1 Å². The van der Waals surface area contributed by atoms with E-state index in [1.54, 1.807) is 11.3 Å². The summed E-state index contributed by atoms with van der Waals surface area (Å²) in [5, 5.41) is 2.82. The highest BCUT2D eigenvalue weighted by Gasteiger charge is 2.13. The molecule has 4 heteroatoms. The molecule has 0 spiro atoms. The lowest BCUT2D eigenvalue weighted by atomic mass is 10.1. The fourth-order valence-corrected chi connectivity index (χ4v) is 3.16. The zero-order valence-electron chi connectivity index (χ0n) is 12.5. The van der Waals surface area contributed by atoms with Gasteiger partial charge in [-0.2, -0.15) is 0 Å². The van der Waals surface area contributed by atoms with Crippen LogP contribution in [-0.2, 0) is 4.79 Å². The number of thiophene rings is 1. The second-order valence-corrected chi connectivity index (χ2v) is 6.63. The molecule has 0 fully saturated rings. The van der Waals surface area contributed by atoms with Gasteiger partial charge >= 0.3 is 0 Å². The van der Waals surface area contributed by atoms with E-state index in [2.05, 4.69) is 5.32 Å². The van der Waals surface area contributed by atoms with Gasteiger partial charge in [-0.3, -0.25) is 9.59 Å². The van der Waals surface area contributed by atoms with Crippen molar-refractivity contribution in [2.45, 2.75) is 33.6 Å². The van der Waals surface area contributed by atoms with Gasteiger partial charge in [-0.05, 0) is 44.5 Å². The number of aryl methyl sites for hydroxylation is 3. The average molecular weight is 301 g/mol. The monoisotopic (exact) mass is 301 g/mol. The van der Waals surface area contributed by atoms with Crippen LogP contribution in [0.1, 0.15) is 38.5 Å². The van der Waals surface area contributed by atoms with Gasteiger partial charge in [0.25, 0.3) is 0 Å². The van der Waals surface area contributed by atoms with E-state index in [-0.39, 0.29) is 24.5 Å². The van der Waals surface area contributed by atoms with Gasteiger partial charge < -0.3 is 5.32 Å². The molecule has 2 aromatic rings. The minimum atomic E-state index is -0.126. The SMILES string of the molecule is Cc1cccc(NC(=O)CCC(=O)c2cc(C)sc2C)c1. The van der Waals surface area contributed by atoms with E-state index in [1.165, 1.54) is 0 Å². The van der Waals surface area contributed by atoms with Crippen molar-refractivity contribution in [1.82, 2.24) is 0 Å². The maximum absolute atomic E-state index is 12.1. The molecule has 1 aromatic carbocycles. The highest BCUT2D eigenvalue weighted by atomic mass is 32.1. The number of hydrogen-bond acceptors (Lipinski definition) is 3. The molecule has 1 N–H and O–H groups in total. The first-order chi connectivity index (χ1) is 9.95. The van der Waals surface area contributed by atoms with Crippen LogP contribution in [0.5, 0.6) is 0 Å². The van der Waals surface area contributed by atoms with Crippen LogP contribution in [0, 0.1) is 20.8 Å². The third-order valence-corrected chi connectivity index (χ3v) is 4.19. The molecule has 3 nitrogen and oxygen atoms in total. The topological polar surface area (TPSA) is 46.2 Å². The van der Waals surface area contributed by atoms with Crippen molar-refractivity contribution in [3.05, 3.63) is 51.2 Å². The smallest absolute Gasteiger partial charge is 0.224 e. The number of amides is 1. The fourth-order valence-electron chi connectivity index (χ4n) is 2.22. The highest BCUT2D eigenvalue weighted by molar-refractivity contribution is 7.12. The van der Waals surface area contributed by atoms with Crippen LogP contribution in [-0.4, -0.2) is 11.7 Å². The molecule has 0 radical (unpaired) electrons. The van der Waals surface area contributed by atoms with E-state index >= 15 is 0 Å². The number of anilines is 1. The molecule has 110 valence electrons. The van der Waals surface area contributed by atoms with Crippen molar-refractivity contribution in [3.8, 4) is 0 Å². The molecular formula is C17H19NO2S. The summed E-state index contributed by atoms with van der Waals surface area (Å²) >= 11 is 1.61. The highest BCUT2D eigenvalue weighted by Crippen LogP contribution is 2.22. The Labute approximate surface area is 129 Å². The molecule has 0 saturated heterocycles. The number of carbonyl (C=O) groups is 2. The summed E-state index contributed by atoms with van der Waals surface area (Å²) in [6, 6.07) is 9.53. The molecule has 0 aliphatic rings. The van der Waals surface area contributed by atoms with E-state index in [0.717, 1.165) is 26.6 Å². The lowest BCUT2D eigenvalue weighted by Crippen LogP contribution is -2.13. The average Bonchev–Trinajstić information content (AvgIpc) is 2.75. The number of nitrogens with one attached hydrogen (secondary N) is 1. The Morgan fingerprint density at radius 3 is 2.48 bits per heavy atom. The first-order valence-corrected chi connectivity index (χ1v) is 7.74. The van der Waals surface area contributed by atoms with Crippen LogP contribution in [0.4, 0.5) is 5.69 Å². The van der Waals surface area contributed by atoms with E-state index in [9.17, 15) is 9.59 Å². The van der Waals surface area contributed by atoms with Crippen molar-refractivity contribution in [2.75, 3.05) is 5.32 Å². The zero-order chi connectivity index (χ0) is 15.4. The summed E-state index contributed by atoms with van der Waals surface area (Å²) in [4.78, 5) is 26.2. The number of carbonyl (C=O) groups excluding carboxylic acids is 2. The number of Topliss-reactive ketones (excluding diaryl/α,β-unsaturated/α-hetero) is 1. The molecule has 0 aliphatic heterocycles. The molecule has 0 saturated carbocycles. The standard InChI is InChI=1S/C17H19NO2S/c1-11-5-4-6-14(9-11)18-17(20)8-7-16(19)15-10-12(2)21-13(15)3/h4-6,9-10H,7-8H2,1-3H3,(H,18,20). The van der Waals surface area contributed by atoms with Gasteiger partial charge in [-0.15, -0.1) is 11.3 Å². The van der Waals surface area contributed by atoms with Crippen molar-refractivity contribution in [3.63, 3.8) is 0 Å². The largest absolute Gasteiger partial charge is 0.326 e. The summed E-state index contributed by atoms with van der Waals surface area (Å²) in [7, 11) is 0. The fraction of sp³-hybridized carbons (Fsp3) is 0.294. The summed E-state index contributed by atoms with van der Waals surface area (Å²) in [5.41, 5.74) is 2.61. The van der Waals surface area contributed by atoms with Crippen LogP contribution < -0.4 is 5.32 Å². The number of rotatable bonds is 5. The van der Waals surface area contributed by atoms with Crippen LogP contribution in [0.25, 0.3) is 0 Å². The summed E-state index contributed by atoms with van der Waals surface area (Å²) in [5.74, 6) is -0.0882. The van der Waals surface area contributed by atoms with Gasteiger partial charge in [0.2, 0.25) is 5.91 Å². The second kappa shape index (κ2) is 6.68. The molecule has 1 heterocycles. The molecule has 0 aliphatic carbocycles. The van der Waals surface area contributed by atoms with Crippen molar-refractivity contribution in [1.29, 1.82) is 0 Å². The molecule has 0 bridgehead atoms.